The van der Waals surface area contributed by atoms with E-state index < -0.39 is 0 Å². The van der Waals surface area contributed by atoms with Crippen LogP contribution >= 0.6 is 0 Å². The summed E-state index contributed by atoms with van der Waals surface area (Å²) < 4.78 is 16.6. The molecule has 0 saturated heterocycles. The molecule has 0 heterocycles. The predicted octanol–water partition coefficient (Wildman–Crippen LogP) is 3.00. The number of hydrogen-bond donors (Lipinski definition) is 1. The molecule has 0 spiro atoms. The number of rotatable bonds is 11. The summed E-state index contributed by atoms with van der Waals surface area (Å²) in [6, 6.07) is 6.18. The zero-order valence-corrected chi connectivity index (χ0v) is 13.2. The van der Waals surface area contributed by atoms with E-state index in [9.17, 15) is 0 Å². The van der Waals surface area contributed by atoms with Gasteiger partial charge in [0.1, 0.15) is 0 Å². The van der Waals surface area contributed by atoms with Crippen LogP contribution in [0.4, 0.5) is 0 Å². The van der Waals surface area contributed by atoms with Gasteiger partial charge in [0.2, 0.25) is 0 Å². The summed E-state index contributed by atoms with van der Waals surface area (Å²) in [4.78, 5) is 0. The van der Waals surface area contributed by atoms with Gasteiger partial charge in [0, 0.05) is 20.2 Å². The average Bonchev–Trinajstić information content (AvgIpc) is 3.30. The second-order valence-corrected chi connectivity index (χ2v) is 5.46. The Bertz CT molecular complexity index is 418. The van der Waals surface area contributed by atoms with Gasteiger partial charge in [-0.3, -0.25) is 0 Å². The molecule has 1 saturated carbocycles. The molecule has 4 heteroatoms. The molecular weight excluding hydrogens is 266 g/mol. The molecule has 0 aliphatic heterocycles. The van der Waals surface area contributed by atoms with Crippen LogP contribution in [0.15, 0.2) is 18.2 Å². The standard InChI is InChI=1S/C17H27NO3/c1-3-20-17-12-15(13-18-9-11-19-2)6-7-16(17)21-10-8-14-4-5-14/h6-7,12,14,18H,3-5,8-11,13H2,1-2H3. The van der Waals surface area contributed by atoms with E-state index in [2.05, 4.69) is 17.4 Å². The van der Waals surface area contributed by atoms with Crippen molar-refractivity contribution in [2.24, 2.45) is 5.92 Å². The fourth-order valence-corrected chi connectivity index (χ4v) is 2.20. The molecule has 0 aromatic heterocycles. The Kier molecular flexibility index (Phi) is 6.83. The highest BCUT2D eigenvalue weighted by Gasteiger charge is 2.21. The van der Waals surface area contributed by atoms with Crippen molar-refractivity contribution < 1.29 is 14.2 Å². The smallest absolute Gasteiger partial charge is 0.161 e. The predicted molar refractivity (Wildman–Crippen MR) is 84.0 cm³/mol. The summed E-state index contributed by atoms with van der Waals surface area (Å²) in [6.07, 6.45) is 3.90. The van der Waals surface area contributed by atoms with Gasteiger partial charge in [-0.1, -0.05) is 18.9 Å². The van der Waals surface area contributed by atoms with E-state index in [1.165, 1.54) is 18.4 Å². The van der Waals surface area contributed by atoms with Crippen LogP contribution in [0, 0.1) is 5.92 Å². The molecule has 1 aliphatic carbocycles. The highest BCUT2D eigenvalue weighted by Crippen LogP contribution is 2.33. The lowest BCUT2D eigenvalue weighted by molar-refractivity contribution is 0.199. The molecule has 0 radical (unpaired) electrons. The van der Waals surface area contributed by atoms with Gasteiger partial charge >= 0.3 is 0 Å². The third-order valence-corrected chi connectivity index (χ3v) is 3.60. The fourth-order valence-electron chi connectivity index (χ4n) is 2.20. The lowest BCUT2D eigenvalue weighted by Crippen LogP contribution is -2.18. The molecule has 1 N–H and O–H groups in total. The summed E-state index contributed by atoms with van der Waals surface area (Å²) in [5, 5.41) is 3.34. The van der Waals surface area contributed by atoms with E-state index in [4.69, 9.17) is 14.2 Å². The highest BCUT2D eigenvalue weighted by atomic mass is 16.5. The fraction of sp³-hybridized carbons (Fsp3) is 0.647. The van der Waals surface area contributed by atoms with Crippen molar-refractivity contribution in [3.8, 4) is 11.5 Å². The van der Waals surface area contributed by atoms with E-state index in [0.29, 0.717) is 6.61 Å². The Morgan fingerprint density at radius 3 is 2.71 bits per heavy atom. The maximum atomic E-state index is 5.87. The zero-order chi connectivity index (χ0) is 14.9. The Morgan fingerprint density at radius 2 is 2.00 bits per heavy atom. The molecule has 1 aromatic rings. The van der Waals surface area contributed by atoms with Crippen molar-refractivity contribution in [3.05, 3.63) is 23.8 Å². The van der Waals surface area contributed by atoms with Crippen LogP contribution < -0.4 is 14.8 Å². The summed E-state index contributed by atoms with van der Waals surface area (Å²) in [5.41, 5.74) is 1.20. The van der Waals surface area contributed by atoms with E-state index in [0.717, 1.165) is 50.1 Å². The van der Waals surface area contributed by atoms with Gasteiger partial charge in [0.15, 0.2) is 11.5 Å². The maximum Gasteiger partial charge on any atom is 0.161 e. The van der Waals surface area contributed by atoms with Crippen LogP contribution in [-0.4, -0.2) is 33.5 Å². The topological polar surface area (TPSA) is 39.7 Å². The van der Waals surface area contributed by atoms with Crippen LogP contribution in [0.25, 0.3) is 0 Å². The number of nitrogens with one attached hydrogen (secondary N) is 1. The van der Waals surface area contributed by atoms with Crippen molar-refractivity contribution >= 4 is 0 Å². The summed E-state index contributed by atoms with van der Waals surface area (Å²) >= 11 is 0. The monoisotopic (exact) mass is 293 g/mol. The van der Waals surface area contributed by atoms with Gasteiger partial charge in [-0.2, -0.15) is 0 Å². The first-order chi connectivity index (χ1) is 10.3. The Labute approximate surface area is 127 Å². The van der Waals surface area contributed by atoms with Gasteiger partial charge in [-0.05, 0) is 37.0 Å². The summed E-state index contributed by atoms with van der Waals surface area (Å²) in [5.74, 6) is 2.60. The highest BCUT2D eigenvalue weighted by molar-refractivity contribution is 5.43. The summed E-state index contributed by atoms with van der Waals surface area (Å²) in [7, 11) is 1.71. The molecule has 1 aliphatic rings. The largest absolute Gasteiger partial charge is 0.490 e. The molecular formula is C17H27NO3. The molecule has 21 heavy (non-hydrogen) atoms. The van der Waals surface area contributed by atoms with Gasteiger partial charge < -0.3 is 19.5 Å². The molecule has 0 unspecified atom stereocenters. The van der Waals surface area contributed by atoms with Gasteiger partial charge in [0.05, 0.1) is 19.8 Å². The average molecular weight is 293 g/mol. The normalized spacial score (nSPS) is 14.2. The minimum atomic E-state index is 0.652. The lowest BCUT2D eigenvalue weighted by atomic mass is 10.2. The Hall–Kier alpha value is -1.26. The van der Waals surface area contributed by atoms with Crippen LogP contribution in [-0.2, 0) is 11.3 Å². The van der Waals surface area contributed by atoms with Crippen LogP contribution in [0.5, 0.6) is 11.5 Å². The van der Waals surface area contributed by atoms with Gasteiger partial charge in [-0.25, -0.2) is 0 Å². The Balaban J connectivity index is 1.86. The molecule has 4 nitrogen and oxygen atoms in total. The lowest BCUT2D eigenvalue weighted by Gasteiger charge is -2.13. The third kappa shape index (κ3) is 5.94. The first kappa shape index (κ1) is 16.1. The van der Waals surface area contributed by atoms with Gasteiger partial charge in [-0.15, -0.1) is 0 Å². The first-order valence-electron chi connectivity index (χ1n) is 7.91. The van der Waals surface area contributed by atoms with E-state index in [1.54, 1.807) is 7.11 Å². The van der Waals surface area contributed by atoms with Crippen molar-refractivity contribution in [3.63, 3.8) is 0 Å². The molecule has 0 bridgehead atoms. The molecule has 1 fully saturated rings. The SMILES string of the molecule is CCOc1cc(CNCCOC)ccc1OCCC1CC1. The van der Waals surface area contributed by atoms with E-state index in [-0.39, 0.29) is 0 Å². The quantitative estimate of drug-likeness (QED) is 0.637. The van der Waals surface area contributed by atoms with Crippen LogP contribution in [0.2, 0.25) is 0 Å². The number of methoxy groups -OCH3 is 1. The first-order valence-corrected chi connectivity index (χ1v) is 7.91. The van der Waals surface area contributed by atoms with Crippen molar-refractivity contribution in [2.75, 3.05) is 33.5 Å². The minimum absolute atomic E-state index is 0.652. The Morgan fingerprint density at radius 1 is 1.14 bits per heavy atom. The second-order valence-electron chi connectivity index (χ2n) is 5.46. The number of hydrogen-bond acceptors (Lipinski definition) is 4. The number of ether oxygens (including phenoxy) is 3. The van der Waals surface area contributed by atoms with Crippen molar-refractivity contribution in [2.45, 2.75) is 32.7 Å². The minimum Gasteiger partial charge on any atom is -0.490 e. The maximum absolute atomic E-state index is 5.87. The van der Waals surface area contributed by atoms with Gasteiger partial charge in [0.25, 0.3) is 0 Å². The molecule has 118 valence electrons. The molecule has 0 atom stereocenters. The zero-order valence-electron chi connectivity index (χ0n) is 13.2. The molecule has 2 rings (SSSR count). The number of benzene rings is 1. The molecule has 0 amide bonds. The van der Waals surface area contributed by atoms with Crippen LogP contribution in [0.1, 0.15) is 31.7 Å². The van der Waals surface area contributed by atoms with E-state index >= 15 is 0 Å². The van der Waals surface area contributed by atoms with E-state index in [1.807, 2.05) is 13.0 Å². The van der Waals surface area contributed by atoms with Crippen molar-refractivity contribution in [1.82, 2.24) is 5.32 Å². The summed E-state index contributed by atoms with van der Waals surface area (Å²) in [6.45, 7) is 5.82. The second kappa shape index (κ2) is 8.90. The van der Waals surface area contributed by atoms with Crippen molar-refractivity contribution in [1.29, 1.82) is 0 Å². The van der Waals surface area contributed by atoms with Crippen LogP contribution in [0.3, 0.4) is 0 Å². The molecule has 1 aromatic carbocycles. The third-order valence-electron chi connectivity index (χ3n) is 3.60.